The normalized spacial score (nSPS) is 34.3. The van der Waals surface area contributed by atoms with Gasteiger partial charge in [0.15, 0.2) is 0 Å². The number of carboxylic acids is 1. The molecule has 5 heteroatoms. The fourth-order valence-electron chi connectivity index (χ4n) is 4.45. The number of aliphatic carboxylic acids is 1. The Morgan fingerprint density at radius 1 is 1.21 bits per heavy atom. The highest BCUT2D eigenvalue weighted by atomic mass is 16.4. The summed E-state index contributed by atoms with van der Waals surface area (Å²) in [4.78, 5) is 9.45. The van der Waals surface area contributed by atoms with Crippen molar-refractivity contribution in [2.45, 2.75) is 58.7 Å². The maximum atomic E-state index is 11.3. The van der Waals surface area contributed by atoms with E-state index in [9.17, 15) is 15.0 Å². The van der Waals surface area contributed by atoms with Gasteiger partial charge in [-0.15, -0.1) is 0 Å². The maximum Gasteiger partial charge on any atom is 0.332 e. The summed E-state index contributed by atoms with van der Waals surface area (Å²) < 4.78 is 0. The van der Waals surface area contributed by atoms with Gasteiger partial charge in [-0.05, 0) is 55.2 Å². The zero-order valence-corrected chi connectivity index (χ0v) is 14.8. The molecule has 0 radical (unpaired) electrons. The second-order valence-corrected chi connectivity index (χ2v) is 7.91. The Morgan fingerprint density at radius 3 is 2.04 bits per heavy atom. The third-order valence-electron chi connectivity index (χ3n) is 6.59. The van der Waals surface area contributed by atoms with E-state index in [1.165, 1.54) is 13.3 Å². The molecule has 0 aliphatic heterocycles. The Balaban J connectivity index is 0.000000301. The number of carboxylic acid groups (broad SMARTS) is 1. The van der Waals surface area contributed by atoms with Crippen molar-refractivity contribution < 1.29 is 25.2 Å². The number of benzene rings is 1. The highest BCUT2D eigenvalue weighted by Gasteiger charge is 2.68. The molecule has 0 aromatic heterocycles. The van der Waals surface area contributed by atoms with Gasteiger partial charge in [-0.2, -0.15) is 0 Å². The summed E-state index contributed by atoms with van der Waals surface area (Å²) in [6, 6.07) is 7.10. The Hall–Kier alpha value is -1.59. The summed E-state index contributed by atoms with van der Waals surface area (Å²) in [5.74, 6) is -0.328. The first-order valence-electron chi connectivity index (χ1n) is 8.38. The quantitative estimate of drug-likeness (QED) is 0.666. The molecule has 4 atom stereocenters. The van der Waals surface area contributed by atoms with E-state index in [1.54, 1.807) is 12.1 Å². The van der Waals surface area contributed by atoms with Crippen LogP contribution < -0.4 is 0 Å². The molecule has 2 aliphatic carbocycles. The summed E-state index contributed by atoms with van der Waals surface area (Å²) in [7, 11) is 0. The van der Waals surface area contributed by atoms with Crippen LogP contribution in [0.1, 0.15) is 52.5 Å². The number of hydrogen-bond donors (Lipinski definition) is 4. The van der Waals surface area contributed by atoms with Gasteiger partial charge in [-0.3, -0.25) is 0 Å². The molecule has 3 rings (SSSR count). The molecule has 1 aromatic carbocycles. The van der Waals surface area contributed by atoms with Gasteiger partial charge in [-0.1, -0.05) is 32.9 Å². The fraction of sp³-hybridized carbons (Fsp3) is 0.632. The van der Waals surface area contributed by atoms with Crippen LogP contribution in [0.5, 0.6) is 5.75 Å². The lowest BCUT2D eigenvalue weighted by atomic mass is 9.62. The van der Waals surface area contributed by atoms with Crippen LogP contribution in [0.4, 0.5) is 0 Å². The first kappa shape index (κ1) is 18.7. The molecule has 0 heterocycles. The lowest BCUT2D eigenvalue weighted by molar-refractivity contribution is -0.145. The van der Waals surface area contributed by atoms with Crippen molar-refractivity contribution >= 4 is 5.97 Å². The maximum absolute atomic E-state index is 11.3. The van der Waals surface area contributed by atoms with Crippen LogP contribution in [-0.2, 0) is 10.4 Å². The first-order valence-corrected chi connectivity index (χ1v) is 8.38. The van der Waals surface area contributed by atoms with Gasteiger partial charge in [-0.25, -0.2) is 4.79 Å². The Labute approximate surface area is 143 Å². The van der Waals surface area contributed by atoms with E-state index < -0.39 is 17.7 Å². The Morgan fingerprint density at radius 2 is 1.71 bits per heavy atom. The van der Waals surface area contributed by atoms with Crippen molar-refractivity contribution in [3.63, 3.8) is 0 Å². The number of aromatic hydroxyl groups is 1. The summed E-state index contributed by atoms with van der Waals surface area (Å²) in [5.41, 5.74) is 0.326. The van der Waals surface area contributed by atoms with E-state index in [2.05, 4.69) is 20.8 Å². The zero-order valence-electron chi connectivity index (χ0n) is 14.8. The molecule has 2 bridgehead atoms. The molecule has 0 spiro atoms. The van der Waals surface area contributed by atoms with E-state index >= 15 is 0 Å². The molecular weight excluding hydrogens is 308 g/mol. The number of phenolic OH excluding ortho intramolecular Hbond substituents is 1. The average Bonchev–Trinajstić information content (AvgIpc) is 2.80. The molecule has 4 N–H and O–H groups in total. The van der Waals surface area contributed by atoms with Crippen LogP contribution >= 0.6 is 0 Å². The molecule has 5 nitrogen and oxygen atoms in total. The summed E-state index contributed by atoms with van der Waals surface area (Å²) in [6.45, 7) is 8.02. The molecule has 24 heavy (non-hydrogen) atoms. The van der Waals surface area contributed by atoms with Crippen molar-refractivity contribution in [1.82, 2.24) is 0 Å². The molecule has 0 saturated heterocycles. The number of phenols is 1. The number of aliphatic hydroxyl groups is 2. The Bertz CT molecular complexity index is 607. The van der Waals surface area contributed by atoms with Gasteiger partial charge in [0.2, 0.25) is 0 Å². The standard InChI is InChI=1S/C16H22O2.C3H6O3/c1-14(2)12-8-9-15(14,3)16(18,10-12)11-4-6-13(17)7-5-11;1-2(4)3(5)6/h4-7,12,17-18H,8-10H2,1-3H3;2,4H,1H3,(H,5,6). The third-order valence-corrected chi connectivity index (χ3v) is 6.59. The van der Waals surface area contributed by atoms with Crippen molar-refractivity contribution in [2.75, 3.05) is 0 Å². The molecule has 2 aliphatic rings. The van der Waals surface area contributed by atoms with Crippen molar-refractivity contribution in [1.29, 1.82) is 0 Å². The number of fused-ring (bicyclic) bond motifs is 2. The molecule has 4 unspecified atom stereocenters. The highest BCUT2D eigenvalue weighted by Crippen LogP contribution is 2.72. The van der Waals surface area contributed by atoms with Gasteiger partial charge >= 0.3 is 5.97 Å². The van der Waals surface area contributed by atoms with Crippen LogP contribution in [0.3, 0.4) is 0 Å². The summed E-state index contributed by atoms with van der Waals surface area (Å²) >= 11 is 0. The van der Waals surface area contributed by atoms with Gasteiger partial charge in [0, 0.05) is 5.41 Å². The predicted molar refractivity (Wildman–Crippen MR) is 90.5 cm³/mol. The molecular formula is C19H28O5. The SMILES string of the molecule is CC(O)C(=O)O.CC1(C)C2CCC1(C)C(O)(c1ccc(O)cc1)C2. The second-order valence-electron chi connectivity index (χ2n) is 7.91. The topological polar surface area (TPSA) is 98.0 Å². The number of hydrogen-bond acceptors (Lipinski definition) is 4. The van der Waals surface area contributed by atoms with Crippen LogP contribution in [0.2, 0.25) is 0 Å². The molecule has 134 valence electrons. The lowest BCUT2D eigenvalue weighted by Gasteiger charge is -2.45. The molecule has 2 saturated carbocycles. The lowest BCUT2D eigenvalue weighted by Crippen LogP contribution is -2.44. The van der Waals surface area contributed by atoms with Crippen molar-refractivity contribution in [3.05, 3.63) is 29.8 Å². The van der Waals surface area contributed by atoms with Crippen molar-refractivity contribution in [3.8, 4) is 5.75 Å². The van der Waals surface area contributed by atoms with Gasteiger partial charge in [0.25, 0.3) is 0 Å². The third kappa shape index (κ3) is 2.70. The van der Waals surface area contributed by atoms with Crippen LogP contribution in [-0.4, -0.2) is 32.5 Å². The molecule has 2 fully saturated rings. The Kier molecular flexibility index (Phi) is 4.72. The van der Waals surface area contributed by atoms with E-state index in [-0.39, 0.29) is 16.6 Å². The van der Waals surface area contributed by atoms with Crippen molar-refractivity contribution in [2.24, 2.45) is 16.7 Å². The van der Waals surface area contributed by atoms with Gasteiger partial charge in [0.1, 0.15) is 11.9 Å². The smallest absolute Gasteiger partial charge is 0.332 e. The van der Waals surface area contributed by atoms with Gasteiger partial charge < -0.3 is 20.4 Å². The zero-order chi connectivity index (χ0) is 18.3. The van der Waals surface area contributed by atoms with Gasteiger partial charge in [0.05, 0.1) is 5.60 Å². The minimum Gasteiger partial charge on any atom is -0.508 e. The monoisotopic (exact) mass is 336 g/mol. The summed E-state index contributed by atoms with van der Waals surface area (Å²) in [5, 5.41) is 36.4. The van der Waals surface area contributed by atoms with Crippen LogP contribution in [0, 0.1) is 16.7 Å². The fourth-order valence-corrected chi connectivity index (χ4v) is 4.45. The van der Waals surface area contributed by atoms with E-state index in [0.29, 0.717) is 5.92 Å². The minimum absolute atomic E-state index is 0.0678. The molecule has 1 aromatic rings. The van der Waals surface area contributed by atoms with Crippen LogP contribution in [0.15, 0.2) is 24.3 Å². The number of aliphatic hydroxyl groups excluding tert-OH is 1. The van der Waals surface area contributed by atoms with Crippen LogP contribution in [0.25, 0.3) is 0 Å². The van der Waals surface area contributed by atoms with E-state index in [0.717, 1.165) is 18.4 Å². The van der Waals surface area contributed by atoms with E-state index in [1.807, 2.05) is 12.1 Å². The second kappa shape index (κ2) is 6.05. The largest absolute Gasteiger partial charge is 0.508 e. The van der Waals surface area contributed by atoms with E-state index in [4.69, 9.17) is 10.2 Å². The average molecular weight is 336 g/mol. The minimum atomic E-state index is -1.23. The molecule has 0 amide bonds. The number of rotatable bonds is 2. The number of carbonyl (C=O) groups is 1. The first-order chi connectivity index (χ1) is 11.0. The predicted octanol–water partition coefficient (Wildman–Crippen LogP) is 2.88. The highest BCUT2D eigenvalue weighted by molar-refractivity contribution is 5.71. The summed E-state index contributed by atoms with van der Waals surface area (Å²) in [6.07, 6.45) is 1.93.